The van der Waals surface area contributed by atoms with E-state index in [0.29, 0.717) is 43.5 Å². The largest absolute Gasteiger partial charge is 0.489 e. The van der Waals surface area contributed by atoms with Crippen LogP contribution < -0.4 is 19.6 Å². The second kappa shape index (κ2) is 10.2. The number of hydrogen-bond acceptors (Lipinski definition) is 6. The van der Waals surface area contributed by atoms with Gasteiger partial charge in [-0.2, -0.15) is 0 Å². The van der Waals surface area contributed by atoms with Crippen molar-refractivity contribution in [2.24, 2.45) is 4.99 Å². The first-order valence-electron chi connectivity index (χ1n) is 10.7. The van der Waals surface area contributed by atoms with Gasteiger partial charge in [-0.05, 0) is 37.6 Å². The number of aromatic nitrogens is 1. The van der Waals surface area contributed by atoms with Gasteiger partial charge in [0.15, 0.2) is 4.80 Å². The first-order chi connectivity index (χ1) is 16.5. The summed E-state index contributed by atoms with van der Waals surface area (Å²) >= 11 is 7.77. The summed E-state index contributed by atoms with van der Waals surface area (Å²) in [6.45, 7) is 7.71. The Morgan fingerprint density at radius 3 is 2.71 bits per heavy atom. The lowest BCUT2D eigenvalue weighted by molar-refractivity contribution is -0.139. The third-order valence-electron chi connectivity index (χ3n) is 5.28. The average Bonchev–Trinajstić information content (AvgIpc) is 3.12. The van der Waals surface area contributed by atoms with Crippen LogP contribution in [-0.2, 0) is 9.53 Å². The number of benzene rings is 2. The predicted molar refractivity (Wildman–Crippen MR) is 134 cm³/mol. The number of nitrogens with zero attached hydrogens (tertiary/aromatic N) is 2. The van der Waals surface area contributed by atoms with Gasteiger partial charge in [0.2, 0.25) is 0 Å². The van der Waals surface area contributed by atoms with Gasteiger partial charge in [0, 0.05) is 10.6 Å². The SMILES string of the molecule is C=CCOc1ccccc1/C=c1/sc2n(c1=O)[C@H](c1ccccc1Cl)C(C(=O)OCC)=C(C)N=2. The Morgan fingerprint density at radius 1 is 1.24 bits per heavy atom. The van der Waals surface area contributed by atoms with Crippen LogP contribution in [0.15, 0.2) is 82.2 Å². The highest BCUT2D eigenvalue weighted by Crippen LogP contribution is 2.34. The number of thiazole rings is 1. The molecule has 2 heterocycles. The molecule has 174 valence electrons. The zero-order chi connectivity index (χ0) is 24.2. The van der Waals surface area contributed by atoms with E-state index in [-0.39, 0.29) is 12.2 Å². The fourth-order valence-electron chi connectivity index (χ4n) is 3.80. The maximum atomic E-state index is 13.7. The van der Waals surface area contributed by atoms with E-state index in [2.05, 4.69) is 11.6 Å². The lowest BCUT2D eigenvalue weighted by Gasteiger charge is -2.25. The minimum absolute atomic E-state index is 0.205. The molecule has 0 aliphatic carbocycles. The van der Waals surface area contributed by atoms with Crippen LogP contribution in [0.3, 0.4) is 0 Å². The monoisotopic (exact) mass is 494 g/mol. The van der Waals surface area contributed by atoms with Gasteiger partial charge in [0.25, 0.3) is 5.56 Å². The van der Waals surface area contributed by atoms with Crippen molar-refractivity contribution in [3.8, 4) is 5.75 Å². The van der Waals surface area contributed by atoms with Gasteiger partial charge < -0.3 is 9.47 Å². The Balaban J connectivity index is 1.95. The van der Waals surface area contributed by atoms with E-state index < -0.39 is 12.0 Å². The van der Waals surface area contributed by atoms with Crippen molar-refractivity contribution >= 4 is 35.0 Å². The Hall–Kier alpha value is -3.42. The number of carbonyl (C=O) groups is 1. The number of fused-ring (bicyclic) bond motifs is 1. The number of ether oxygens (including phenoxy) is 2. The Kier molecular flexibility index (Phi) is 7.14. The predicted octanol–water partition coefficient (Wildman–Crippen LogP) is 4.02. The average molecular weight is 495 g/mol. The van der Waals surface area contributed by atoms with Gasteiger partial charge in [0.05, 0.1) is 22.4 Å². The van der Waals surface area contributed by atoms with Crippen LogP contribution in [-0.4, -0.2) is 23.8 Å². The first-order valence-corrected chi connectivity index (χ1v) is 11.9. The molecule has 1 atom stereocenters. The topological polar surface area (TPSA) is 69.9 Å². The van der Waals surface area contributed by atoms with Crippen LogP contribution in [0.5, 0.6) is 5.75 Å². The van der Waals surface area contributed by atoms with Crippen LogP contribution in [0.4, 0.5) is 0 Å². The summed E-state index contributed by atoms with van der Waals surface area (Å²) in [6, 6.07) is 13.9. The lowest BCUT2D eigenvalue weighted by Crippen LogP contribution is -2.40. The van der Waals surface area contributed by atoms with Crippen LogP contribution in [0.25, 0.3) is 6.08 Å². The second-order valence-electron chi connectivity index (χ2n) is 7.46. The van der Waals surface area contributed by atoms with E-state index in [1.165, 1.54) is 15.9 Å². The maximum Gasteiger partial charge on any atom is 0.338 e. The summed E-state index contributed by atoms with van der Waals surface area (Å²) in [5.41, 5.74) is 1.89. The number of rotatable bonds is 7. The van der Waals surface area contributed by atoms with Gasteiger partial charge in [0.1, 0.15) is 18.4 Å². The highest BCUT2D eigenvalue weighted by Gasteiger charge is 2.34. The van der Waals surface area contributed by atoms with E-state index in [9.17, 15) is 9.59 Å². The van der Waals surface area contributed by atoms with Crippen molar-refractivity contribution in [3.63, 3.8) is 0 Å². The van der Waals surface area contributed by atoms with Crippen molar-refractivity contribution in [2.45, 2.75) is 19.9 Å². The summed E-state index contributed by atoms with van der Waals surface area (Å²) in [5, 5.41) is 0.446. The van der Waals surface area contributed by atoms with Gasteiger partial charge >= 0.3 is 5.97 Å². The van der Waals surface area contributed by atoms with Gasteiger partial charge in [-0.15, -0.1) is 0 Å². The quantitative estimate of drug-likeness (QED) is 0.367. The molecule has 8 heteroatoms. The Morgan fingerprint density at radius 2 is 1.97 bits per heavy atom. The number of hydrogen-bond donors (Lipinski definition) is 0. The fraction of sp³-hybridized carbons (Fsp3) is 0.192. The normalized spacial score (nSPS) is 15.5. The van der Waals surface area contributed by atoms with Gasteiger partial charge in [-0.25, -0.2) is 9.79 Å². The van der Waals surface area contributed by atoms with E-state index in [0.717, 1.165) is 5.56 Å². The molecule has 1 aliphatic heterocycles. The van der Waals surface area contributed by atoms with Crippen LogP contribution in [0.1, 0.15) is 31.0 Å². The van der Waals surface area contributed by atoms with E-state index in [1.807, 2.05) is 30.3 Å². The second-order valence-corrected chi connectivity index (χ2v) is 8.88. The fourth-order valence-corrected chi connectivity index (χ4v) is 5.08. The summed E-state index contributed by atoms with van der Waals surface area (Å²) in [5.74, 6) is 0.116. The molecule has 0 saturated heterocycles. The minimum atomic E-state index is -0.751. The molecule has 34 heavy (non-hydrogen) atoms. The van der Waals surface area contributed by atoms with Crippen molar-refractivity contribution in [2.75, 3.05) is 13.2 Å². The third kappa shape index (κ3) is 4.49. The van der Waals surface area contributed by atoms with Crippen molar-refractivity contribution < 1.29 is 14.3 Å². The van der Waals surface area contributed by atoms with Gasteiger partial charge in [-0.3, -0.25) is 9.36 Å². The van der Waals surface area contributed by atoms with E-state index in [4.69, 9.17) is 21.1 Å². The number of carbonyl (C=O) groups excluding carboxylic acids is 1. The summed E-state index contributed by atoms with van der Waals surface area (Å²) in [7, 11) is 0. The van der Waals surface area contributed by atoms with Crippen molar-refractivity contribution in [1.82, 2.24) is 4.57 Å². The molecule has 0 saturated carbocycles. The Labute approximate surface area is 205 Å². The molecule has 0 unspecified atom stereocenters. The highest BCUT2D eigenvalue weighted by molar-refractivity contribution is 7.07. The molecular weight excluding hydrogens is 472 g/mol. The molecule has 6 nitrogen and oxygen atoms in total. The molecule has 1 aromatic heterocycles. The van der Waals surface area contributed by atoms with Crippen LogP contribution in [0, 0.1) is 0 Å². The zero-order valence-electron chi connectivity index (χ0n) is 18.8. The molecular formula is C26H23ClN2O4S. The number of para-hydroxylation sites is 1. The molecule has 2 aromatic carbocycles. The number of halogens is 1. The summed E-state index contributed by atoms with van der Waals surface area (Å²) < 4.78 is 13.0. The minimum Gasteiger partial charge on any atom is -0.489 e. The first kappa shape index (κ1) is 23.7. The zero-order valence-corrected chi connectivity index (χ0v) is 20.4. The summed E-state index contributed by atoms with van der Waals surface area (Å²) in [6.07, 6.45) is 3.43. The Bertz CT molecular complexity index is 1470. The molecule has 0 radical (unpaired) electrons. The molecule has 0 spiro atoms. The third-order valence-corrected chi connectivity index (χ3v) is 6.61. The smallest absolute Gasteiger partial charge is 0.338 e. The van der Waals surface area contributed by atoms with Crippen LogP contribution >= 0.6 is 22.9 Å². The molecule has 1 aliphatic rings. The summed E-state index contributed by atoms with van der Waals surface area (Å²) in [4.78, 5) is 31.7. The number of allylic oxidation sites excluding steroid dienone is 1. The molecule has 0 N–H and O–H groups in total. The van der Waals surface area contributed by atoms with E-state index in [1.54, 1.807) is 44.2 Å². The molecule has 0 fully saturated rings. The molecule has 3 aromatic rings. The van der Waals surface area contributed by atoms with Gasteiger partial charge in [-0.1, -0.05) is 72.0 Å². The maximum absolute atomic E-state index is 13.7. The van der Waals surface area contributed by atoms with Crippen LogP contribution in [0.2, 0.25) is 5.02 Å². The van der Waals surface area contributed by atoms with Crippen molar-refractivity contribution in [1.29, 1.82) is 0 Å². The van der Waals surface area contributed by atoms with Crippen molar-refractivity contribution in [3.05, 3.63) is 108 Å². The molecule has 4 rings (SSSR count). The van der Waals surface area contributed by atoms with E-state index >= 15 is 0 Å². The highest BCUT2D eigenvalue weighted by atomic mass is 35.5. The molecule has 0 bridgehead atoms. The number of esters is 1. The standard InChI is InChI=1S/C26H23ClN2O4S/c1-4-14-33-20-13-9-6-10-17(20)15-21-24(30)29-23(18-11-7-8-12-19(18)27)22(25(31)32-5-2)16(3)28-26(29)34-21/h4,6-13,15,23H,1,5,14H2,2-3H3/b21-15+/t23-/m1/s1. The lowest BCUT2D eigenvalue weighted by atomic mass is 9.96. The molecule has 0 amide bonds.